The van der Waals surface area contributed by atoms with Crippen molar-refractivity contribution in [3.8, 4) is 0 Å². The Hall–Kier alpha value is -2.73. The number of amides is 4. The molecule has 11 nitrogen and oxygen atoms in total. The van der Waals surface area contributed by atoms with Crippen molar-refractivity contribution in [2.45, 2.75) is 109 Å². The zero-order valence-corrected chi connectivity index (χ0v) is 27.9. The van der Waals surface area contributed by atoms with Gasteiger partial charge in [0, 0.05) is 12.5 Å². The van der Waals surface area contributed by atoms with Crippen LogP contribution in [0.5, 0.6) is 0 Å². The quantitative estimate of drug-likeness (QED) is 0.0606. The average Bonchev–Trinajstić information content (AvgIpc) is 2.94. The molecule has 12 heteroatoms. The first kappa shape index (κ1) is 40.3. The topological polar surface area (TPSA) is 174 Å². The van der Waals surface area contributed by atoms with Gasteiger partial charge in [-0.3, -0.25) is 29.5 Å². The summed E-state index contributed by atoms with van der Waals surface area (Å²) >= 11 is 0. The Bertz CT molecular complexity index is 1040. The zero-order valence-electron chi connectivity index (χ0n) is 25.9. The number of aliphatic hydroxyl groups is 1. The van der Waals surface area contributed by atoms with Crippen LogP contribution in [0.15, 0.2) is 24.3 Å². The Morgan fingerprint density at radius 2 is 1.37 bits per heavy atom. The van der Waals surface area contributed by atoms with Crippen LogP contribution in [0.4, 0.5) is 0 Å². The molecule has 234 valence electrons. The largest absolute Gasteiger partial charge is 1.00 e. The summed E-state index contributed by atoms with van der Waals surface area (Å²) in [7, 11) is 0. The number of hydrogen-bond donors (Lipinski definition) is 6. The second-order valence-electron chi connectivity index (χ2n) is 10.6. The van der Waals surface area contributed by atoms with Gasteiger partial charge in [0.2, 0.25) is 23.6 Å². The average molecular weight is 610 g/mol. The normalized spacial score (nSPS) is 12.7. The van der Waals surface area contributed by atoms with E-state index >= 15 is 0 Å². The maximum atomic E-state index is 13.3. The first-order valence-electron chi connectivity index (χ1n) is 14.6. The number of carboxylic acid groups (broad SMARTS) is 1. The summed E-state index contributed by atoms with van der Waals surface area (Å²) in [4.78, 5) is 62.5. The smallest absolute Gasteiger partial charge is 0.481 e. The van der Waals surface area contributed by atoms with Gasteiger partial charge >= 0.3 is 35.5 Å². The molecule has 4 amide bonds. The van der Waals surface area contributed by atoms with Gasteiger partial charge in [-0.05, 0) is 20.3 Å². The molecule has 0 radical (unpaired) electrons. The van der Waals surface area contributed by atoms with Crippen LogP contribution in [-0.2, 0) is 24.0 Å². The van der Waals surface area contributed by atoms with Crippen LogP contribution < -0.4 is 50.8 Å². The number of aliphatic carboxylic acids is 1. The summed E-state index contributed by atoms with van der Waals surface area (Å²) in [5, 5.41) is 28.9. The number of nitrogens with one attached hydrogen (secondary N) is 4. The molecular formula is C31H46N4NaO7-. The van der Waals surface area contributed by atoms with Gasteiger partial charge in [-0.15, -0.1) is 6.07 Å². The maximum Gasteiger partial charge on any atom is 1.00 e. The van der Waals surface area contributed by atoms with E-state index in [9.17, 15) is 34.2 Å². The molecule has 1 rings (SSSR count). The van der Waals surface area contributed by atoms with Crippen molar-refractivity contribution in [2.24, 2.45) is 0 Å². The van der Waals surface area contributed by atoms with Crippen molar-refractivity contribution >= 4 is 35.2 Å². The molecule has 0 spiro atoms. The van der Waals surface area contributed by atoms with E-state index in [0.717, 1.165) is 32.1 Å². The van der Waals surface area contributed by atoms with Crippen molar-refractivity contribution in [1.29, 1.82) is 0 Å². The number of unbranched alkanes of at least 4 members (excludes halogenated alkanes) is 6. The van der Waals surface area contributed by atoms with Gasteiger partial charge < -0.3 is 43.6 Å². The van der Waals surface area contributed by atoms with Gasteiger partial charge in [-0.1, -0.05) is 51.9 Å². The van der Waals surface area contributed by atoms with Crippen LogP contribution in [0.3, 0.4) is 0 Å². The third-order valence-corrected chi connectivity index (χ3v) is 6.40. The molecule has 1 aromatic carbocycles. The minimum atomic E-state index is -1.52. The van der Waals surface area contributed by atoms with E-state index < -0.39 is 54.8 Å². The fraction of sp³-hybridized carbons (Fsp3) is 0.581. The van der Waals surface area contributed by atoms with E-state index in [0.29, 0.717) is 12.0 Å². The van der Waals surface area contributed by atoms with Crippen LogP contribution in [0.2, 0.25) is 0 Å². The maximum absolute atomic E-state index is 13.3. The second-order valence-corrected chi connectivity index (χ2v) is 10.6. The Morgan fingerprint density at radius 1 is 0.814 bits per heavy atom. The second kappa shape index (κ2) is 22.8. The summed E-state index contributed by atoms with van der Waals surface area (Å²) in [6.07, 6.45) is 6.59. The SMILES string of the molecule is [CH-]=C(CC(NC(=O)CCCCCCCCC)C(=O)NC(CO)C(=O)NC(CC(=O)O)C(=O)NC(C)C)c1[c-]cccc1.[Na+]. The van der Waals surface area contributed by atoms with Crippen LogP contribution in [0.1, 0.15) is 90.5 Å². The molecule has 0 aliphatic carbocycles. The van der Waals surface area contributed by atoms with E-state index in [2.05, 4.69) is 34.3 Å². The number of hydrogen-bond acceptors (Lipinski definition) is 6. The standard InChI is InChI=1S/C31H46N4O7.Na/c1-5-6-7-8-9-10-14-17-27(37)33-24(18-22(4)23-15-12-11-13-16-23)30(41)35-26(20-36)31(42)34-25(19-28(38)39)29(40)32-21(2)3;/h4,11-13,15,21,24-26,36H,5-10,14,17-20H2,1-3H3,(H,32,40)(H,33,37)(H,34,42)(H,35,41)(H,38,39);/q-2;+1. The van der Waals surface area contributed by atoms with Crippen molar-refractivity contribution in [3.05, 3.63) is 42.5 Å². The molecule has 0 aromatic heterocycles. The number of rotatable bonds is 21. The molecule has 43 heavy (non-hydrogen) atoms. The van der Waals surface area contributed by atoms with Gasteiger partial charge in [0.15, 0.2) is 0 Å². The molecule has 3 unspecified atom stereocenters. The summed E-state index contributed by atoms with van der Waals surface area (Å²) in [5.74, 6) is -4.14. The molecular weight excluding hydrogens is 563 g/mol. The fourth-order valence-corrected chi connectivity index (χ4v) is 4.15. The van der Waals surface area contributed by atoms with Crippen LogP contribution in [0.25, 0.3) is 5.57 Å². The molecule has 6 N–H and O–H groups in total. The molecule has 3 atom stereocenters. The number of carboxylic acids is 1. The predicted molar refractivity (Wildman–Crippen MR) is 159 cm³/mol. The number of carbonyl (C=O) groups excluding carboxylic acids is 4. The van der Waals surface area contributed by atoms with Crippen molar-refractivity contribution in [2.75, 3.05) is 6.61 Å². The van der Waals surface area contributed by atoms with Gasteiger partial charge in [0.05, 0.1) is 13.0 Å². The van der Waals surface area contributed by atoms with Crippen LogP contribution >= 0.6 is 0 Å². The molecule has 0 aliphatic heterocycles. The zero-order chi connectivity index (χ0) is 31.5. The third-order valence-electron chi connectivity index (χ3n) is 6.40. The molecule has 1 aromatic rings. The molecule has 0 saturated heterocycles. The Balaban J connectivity index is 0.0000176. The number of carbonyl (C=O) groups is 5. The molecule has 0 aliphatic rings. The Morgan fingerprint density at radius 3 is 1.93 bits per heavy atom. The third kappa shape index (κ3) is 17.2. The van der Waals surface area contributed by atoms with Crippen molar-refractivity contribution in [1.82, 2.24) is 21.3 Å². The van der Waals surface area contributed by atoms with Gasteiger partial charge in [-0.25, -0.2) is 12.1 Å². The van der Waals surface area contributed by atoms with Gasteiger partial charge in [-0.2, -0.15) is 12.1 Å². The molecule has 0 saturated carbocycles. The van der Waals surface area contributed by atoms with E-state index in [1.54, 1.807) is 38.1 Å². The van der Waals surface area contributed by atoms with Crippen molar-refractivity contribution < 1.29 is 63.7 Å². The minimum Gasteiger partial charge on any atom is -0.481 e. The van der Waals surface area contributed by atoms with E-state index in [1.807, 2.05) is 0 Å². The summed E-state index contributed by atoms with van der Waals surface area (Å²) in [6.45, 7) is 10.9. The monoisotopic (exact) mass is 609 g/mol. The van der Waals surface area contributed by atoms with Gasteiger partial charge in [0.1, 0.15) is 18.1 Å². The van der Waals surface area contributed by atoms with Gasteiger partial charge in [0.25, 0.3) is 0 Å². The Kier molecular flexibility index (Phi) is 21.3. The fourth-order valence-electron chi connectivity index (χ4n) is 4.15. The number of aliphatic hydroxyl groups excluding tert-OH is 1. The van der Waals surface area contributed by atoms with Crippen molar-refractivity contribution in [3.63, 3.8) is 0 Å². The molecule has 0 bridgehead atoms. The van der Waals surface area contributed by atoms with E-state index in [4.69, 9.17) is 6.58 Å². The first-order valence-corrected chi connectivity index (χ1v) is 14.6. The molecule has 0 fully saturated rings. The van der Waals surface area contributed by atoms with E-state index in [-0.39, 0.29) is 59.9 Å². The first-order chi connectivity index (χ1) is 20.0. The summed E-state index contributed by atoms with van der Waals surface area (Å²) < 4.78 is 0. The van der Waals surface area contributed by atoms with E-state index in [1.165, 1.54) is 6.42 Å². The Labute approximate surface area is 277 Å². The summed E-state index contributed by atoms with van der Waals surface area (Å²) in [6, 6.07) is 5.41. The minimum absolute atomic E-state index is 0. The number of benzene rings is 1. The predicted octanol–water partition coefficient (Wildman–Crippen LogP) is -0.716. The summed E-state index contributed by atoms with van der Waals surface area (Å²) in [5.41, 5.74) is 0.824. The van der Waals surface area contributed by atoms with Crippen LogP contribution in [-0.4, -0.2) is 70.6 Å². The molecule has 0 heterocycles. The van der Waals surface area contributed by atoms with Crippen LogP contribution in [0, 0.1) is 12.6 Å².